The number of aromatic amines is 1. The van der Waals surface area contributed by atoms with Gasteiger partial charge in [0.2, 0.25) is 5.91 Å². The summed E-state index contributed by atoms with van der Waals surface area (Å²) in [6.07, 6.45) is 7.50. The summed E-state index contributed by atoms with van der Waals surface area (Å²) in [5.41, 5.74) is 3.10. The molecule has 0 unspecified atom stereocenters. The molecule has 1 aromatic rings. The van der Waals surface area contributed by atoms with E-state index >= 15 is 0 Å². The first-order chi connectivity index (χ1) is 14.0. The maximum absolute atomic E-state index is 13.2. The normalized spacial score (nSPS) is 24.1. The van der Waals surface area contributed by atoms with Gasteiger partial charge in [-0.1, -0.05) is 6.92 Å². The first-order valence-corrected chi connectivity index (χ1v) is 11.1. The quantitative estimate of drug-likeness (QED) is 0.767. The number of methoxy groups -OCH3 is 1. The molecule has 0 saturated carbocycles. The zero-order chi connectivity index (χ0) is 20.4. The fourth-order valence-corrected chi connectivity index (χ4v) is 5.29. The lowest BCUT2D eigenvalue weighted by Gasteiger charge is -2.47. The van der Waals surface area contributed by atoms with E-state index in [9.17, 15) is 9.59 Å². The van der Waals surface area contributed by atoms with Gasteiger partial charge in [-0.2, -0.15) is 5.10 Å². The first-order valence-electron chi connectivity index (χ1n) is 11.1. The Morgan fingerprint density at radius 3 is 2.83 bits per heavy atom. The molecule has 0 bridgehead atoms. The number of amides is 2. The van der Waals surface area contributed by atoms with E-state index in [0.717, 1.165) is 82.4 Å². The number of fused-ring (bicyclic) bond motifs is 1. The molecule has 160 valence electrons. The summed E-state index contributed by atoms with van der Waals surface area (Å²) in [5.74, 6) is 0.956. The molecule has 4 rings (SSSR count). The number of hydrogen-bond donors (Lipinski definition) is 1. The van der Waals surface area contributed by atoms with Gasteiger partial charge in [-0.3, -0.25) is 14.7 Å². The van der Waals surface area contributed by atoms with Crippen molar-refractivity contribution in [2.75, 3.05) is 39.9 Å². The number of likely N-dealkylation sites (tertiary alicyclic amines) is 2. The van der Waals surface area contributed by atoms with E-state index in [-0.39, 0.29) is 17.2 Å². The van der Waals surface area contributed by atoms with E-state index < -0.39 is 0 Å². The fraction of sp³-hybridized carbons (Fsp3) is 0.773. The monoisotopic (exact) mass is 402 g/mol. The average Bonchev–Trinajstić information content (AvgIpc) is 3.14. The predicted molar refractivity (Wildman–Crippen MR) is 110 cm³/mol. The van der Waals surface area contributed by atoms with E-state index in [4.69, 9.17) is 4.74 Å². The molecule has 1 N–H and O–H groups in total. The van der Waals surface area contributed by atoms with E-state index in [1.165, 1.54) is 0 Å². The summed E-state index contributed by atoms with van der Waals surface area (Å²) in [7, 11) is 1.70. The van der Waals surface area contributed by atoms with Crippen LogP contribution >= 0.6 is 0 Å². The number of hydrogen-bond acceptors (Lipinski definition) is 4. The van der Waals surface area contributed by atoms with Gasteiger partial charge < -0.3 is 14.5 Å². The molecule has 1 aliphatic carbocycles. The van der Waals surface area contributed by atoms with E-state index in [1.807, 2.05) is 9.80 Å². The van der Waals surface area contributed by atoms with Crippen LogP contribution in [0.1, 0.15) is 67.2 Å². The number of rotatable bonds is 5. The number of carbonyl (C=O) groups is 2. The highest BCUT2D eigenvalue weighted by atomic mass is 16.5. The van der Waals surface area contributed by atoms with Crippen LogP contribution in [0.5, 0.6) is 0 Å². The number of piperidine rings is 2. The number of ether oxygens (including phenoxy) is 1. The van der Waals surface area contributed by atoms with E-state index in [0.29, 0.717) is 24.6 Å². The van der Waals surface area contributed by atoms with Crippen LogP contribution in [0, 0.1) is 11.3 Å². The van der Waals surface area contributed by atoms with Crippen LogP contribution in [-0.4, -0.2) is 71.7 Å². The number of nitrogens with zero attached hydrogens (tertiary/aromatic N) is 3. The zero-order valence-corrected chi connectivity index (χ0v) is 17.8. The second-order valence-electron chi connectivity index (χ2n) is 9.33. The molecule has 1 atom stereocenters. The Hall–Kier alpha value is -1.89. The predicted octanol–water partition coefficient (Wildman–Crippen LogP) is 2.42. The second kappa shape index (κ2) is 8.46. The third kappa shape index (κ3) is 4.20. The SMILES string of the molecule is COCCCN1CC2(CCC1=O)CCN(C(=O)c1n[nH]c3c1C[C@H](C)CC3)CC2. The average molecular weight is 403 g/mol. The molecule has 3 aliphatic rings. The Morgan fingerprint density at radius 1 is 1.28 bits per heavy atom. The largest absolute Gasteiger partial charge is 0.385 e. The second-order valence-corrected chi connectivity index (χ2v) is 9.33. The summed E-state index contributed by atoms with van der Waals surface area (Å²) in [6.45, 7) is 6.05. The number of H-pyrrole nitrogens is 1. The molecule has 7 nitrogen and oxygen atoms in total. The van der Waals surface area contributed by atoms with Crippen molar-refractivity contribution in [3.63, 3.8) is 0 Å². The molecule has 3 heterocycles. The van der Waals surface area contributed by atoms with Gasteiger partial charge in [0.25, 0.3) is 5.91 Å². The lowest BCUT2D eigenvalue weighted by molar-refractivity contribution is -0.139. The van der Waals surface area contributed by atoms with Crippen molar-refractivity contribution in [3.05, 3.63) is 17.0 Å². The topological polar surface area (TPSA) is 78.5 Å². The van der Waals surface area contributed by atoms with Gasteiger partial charge >= 0.3 is 0 Å². The Bertz CT molecular complexity index is 751. The molecule has 1 aromatic heterocycles. The molecular formula is C22H34N4O3. The molecule has 29 heavy (non-hydrogen) atoms. The summed E-state index contributed by atoms with van der Waals surface area (Å²) >= 11 is 0. The molecule has 0 aromatic carbocycles. The molecule has 2 fully saturated rings. The summed E-state index contributed by atoms with van der Waals surface area (Å²) in [4.78, 5) is 29.5. The Labute approximate surface area is 173 Å². The molecule has 2 saturated heterocycles. The highest BCUT2D eigenvalue weighted by Crippen LogP contribution is 2.40. The highest BCUT2D eigenvalue weighted by Gasteiger charge is 2.42. The maximum atomic E-state index is 13.2. The van der Waals surface area contributed by atoms with Crippen molar-refractivity contribution in [1.82, 2.24) is 20.0 Å². The lowest BCUT2D eigenvalue weighted by atomic mass is 9.72. The van der Waals surface area contributed by atoms with Gasteiger partial charge in [0.05, 0.1) is 0 Å². The van der Waals surface area contributed by atoms with Crippen molar-refractivity contribution >= 4 is 11.8 Å². The maximum Gasteiger partial charge on any atom is 0.274 e. The van der Waals surface area contributed by atoms with Crippen molar-refractivity contribution in [2.24, 2.45) is 11.3 Å². The van der Waals surface area contributed by atoms with Gasteiger partial charge in [0.1, 0.15) is 0 Å². The van der Waals surface area contributed by atoms with Gasteiger partial charge in [-0.25, -0.2) is 0 Å². The van der Waals surface area contributed by atoms with Crippen LogP contribution in [-0.2, 0) is 22.4 Å². The zero-order valence-electron chi connectivity index (χ0n) is 17.8. The van der Waals surface area contributed by atoms with Crippen molar-refractivity contribution in [1.29, 1.82) is 0 Å². The summed E-state index contributed by atoms with van der Waals surface area (Å²) in [6, 6.07) is 0. The van der Waals surface area contributed by atoms with Crippen LogP contribution in [0.2, 0.25) is 0 Å². The van der Waals surface area contributed by atoms with Gasteiger partial charge in [0.15, 0.2) is 5.69 Å². The van der Waals surface area contributed by atoms with Crippen LogP contribution in [0.25, 0.3) is 0 Å². The minimum atomic E-state index is 0.0790. The summed E-state index contributed by atoms with van der Waals surface area (Å²) < 4.78 is 5.14. The molecule has 0 radical (unpaired) electrons. The van der Waals surface area contributed by atoms with Gasteiger partial charge in [-0.05, 0) is 56.3 Å². The lowest BCUT2D eigenvalue weighted by Crippen LogP contribution is -2.52. The third-order valence-corrected chi connectivity index (χ3v) is 7.23. The molecule has 2 amide bonds. The number of aromatic nitrogens is 2. The number of nitrogens with one attached hydrogen (secondary N) is 1. The minimum absolute atomic E-state index is 0.0790. The van der Waals surface area contributed by atoms with Crippen molar-refractivity contribution in [3.8, 4) is 0 Å². The highest BCUT2D eigenvalue weighted by molar-refractivity contribution is 5.94. The number of aryl methyl sites for hydroxylation is 1. The molecular weight excluding hydrogens is 368 g/mol. The van der Waals surface area contributed by atoms with Crippen molar-refractivity contribution < 1.29 is 14.3 Å². The van der Waals surface area contributed by atoms with Crippen LogP contribution in [0.15, 0.2) is 0 Å². The summed E-state index contributed by atoms with van der Waals surface area (Å²) in [5, 5.41) is 7.50. The van der Waals surface area contributed by atoms with Crippen LogP contribution in [0.3, 0.4) is 0 Å². The molecule has 7 heteroatoms. The standard InChI is InChI=1S/C22H34N4O3/c1-16-4-5-18-17(14-16)20(24-23-18)21(28)25-11-8-22(9-12-25)7-6-19(27)26(15-22)10-3-13-29-2/h16H,3-15H2,1-2H3,(H,23,24)/t16-/m1/s1. The minimum Gasteiger partial charge on any atom is -0.385 e. The Kier molecular flexibility index (Phi) is 5.95. The van der Waals surface area contributed by atoms with Gasteiger partial charge in [0, 0.05) is 57.6 Å². The van der Waals surface area contributed by atoms with Crippen LogP contribution in [0.4, 0.5) is 0 Å². The molecule has 1 spiro atoms. The number of carbonyl (C=O) groups excluding carboxylic acids is 2. The van der Waals surface area contributed by atoms with E-state index in [2.05, 4.69) is 17.1 Å². The smallest absolute Gasteiger partial charge is 0.274 e. The Balaban J connectivity index is 1.37. The molecule has 2 aliphatic heterocycles. The fourth-order valence-electron chi connectivity index (χ4n) is 5.29. The third-order valence-electron chi connectivity index (χ3n) is 7.23. The van der Waals surface area contributed by atoms with Gasteiger partial charge in [-0.15, -0.1) is 0 Å². The first kappa shape index (κ1) is 20.4. The Morgan fingerprint density at radius 2 is 2.07 bits per heavy atom. The van der Waals surface area contributed by atoms with Crippen molar-refractivity contribution in [2.45, 2.75) is 58.3 Å². The van der Waals surface area contributed by atoms with Crippen LogP contribution < -0.4 is 0 Å². The van der Waals surface area contributed by atoms with E-state index in [1.54, 1.807) is 7.11 Å².